The predicted octanol–water partition coefficient (Wildman–Crippen LogP) is 1.21. The molecule has 0 bridgehead atoms. The van der Waals surface area contributed by atoms with Crippen LogP contribution in [0, 0.1) is 0 Å². The van der Waals surface area contributed by atoms with Gasteiger partial charge in [-0.3, -0.25) is 10.2 Å². The van der Waals surface area contributed by atoms with Gasteiger partial charge >= 0.3 is 0 Å². The zero-order valence-corrected chi connectivity index (χ0v) is 7.97. The summed E-state index contributed by atoms with van der Waals surface area (Å²) in [6, 6.07) is 5.10. The van der Waals surface area contributed by atoms with E-state index in [1.165, 1.54) is 11.3 Å². The molecular formula is C9H8N2O2S. The number of carbonyl (C=O) groups is 1. The van der Waals surface area contributed by atoms with Crippen molar-refractivity contribution >= 4 is 27.3 Å². The van der Waals surface area contributed by atoms with Crippen LogP contribution in [0.2, 0.25) is 0 Å². The maximum atomic E-state index is 11.2. The molecule has 0 aliphatic rings. The van der Waals surface area contributed by atoms with Crippen LogP contribution < -0.4 is 11.3 Å². The van der Waals surface area contributed by atoms with E-state index in [1.807, 2.05) is 10.8 Å². The Morgan fingerprint density at radius 2 is 2.21 bits per heavy atom. The average molecular weight is 208 g/mol. The number of nitrogens with one attached hydrogen (secondary N) is 1. The van der Waals surface area contributed by atoms with E-state index in [-0.39, 0.29) is 11.3 Å². The highest BCUT2D eigenvalue weighted by Crippen LogP contribution is 2.31. The average Bonchev–Trinajstić information content (AvgIpc) is 2.66. The van der Waals surface area contributed by atoms with E-state index in [1.54, 1.807) is 18.2 Å². The summed E-state index contributed by atoms with van der Waals surface area (Å²) in [5.74, 6) is 4.47. The van der Waals surface area contributed by atoms with Crippen LogP contribution in [-0.4, -0.2) is 11.0 Å². The Hall–Kier alpha value is -1.59. The summed E-state index contributed by atoms with van der Waals surface area (Å²) in [6.07, 6.45) is 0. The normalized spacial score (nSPS) is 10.4. The second-order valence-electron chi connectivity index (χ2n) is 2.77. The lowest BCUT2D eigenvalue weighted by Gasteiger charge is -2.03. The number of benzene rings is 1. The van der Waals surface area contributed by atoms with Crippen molar-refractivity contribution in [2.24, 2.45) is 5.84 Å². The molecule has 0 unspecified atom stereocenters. The lowest BCUT2D eigenvalue weighted by atomic mass is 10.1. The van der Waals surface area contributed by atoms with Gasteiger partial charge in [-0.25, -0.2) is 5.84 Å². The third kappa shape index (κ3) is 1.23. The van der Waals surface area contributed by atoms with E-state index in [4.69, 9.17) is 5.84 Å². The first-order chi connectivity index (χ1) is 6.74. The van der Waals surface area contributed by atoms with Gasteiger partial charge in [-0.1, -0.05) is 0 Å². The first kappa shape index (κ1) is 8.98. The maximum Gasteiger partial charge on any atom is 0.268 e. The monoisotopic (exact) mass is 208 g/mol. The van der Waals surface area contributed by atoms with E-state index in [2.05, 4.69) is 0 Å². The quantitative estimate of drug-likeness (QED) is 0.374. The molecule has 0 fully saturated rings. The van der Waals surface area contributed by atoms with Crippen molar-refractivity contribution in [1.82, 2.24) is 5.43 Å². The van der Waals surface area contributed by atoms with E-state index in [0.29, 0.717) is 5.39 Å². The number of carbonyl (C=O) groups excluding carboxylic acids is 1. The molecule has 1 amide bonds. The summed E-state index contributed by atoms with van der Waals surface area (Å²) >= 11 is 1.51. The van der Waals surface area contributed by atoms with Crippen molar-refractivity contribution in [1.29, 1.82) is 0 Å². The van der Waals surface area contributed by atoms with E-state index in [9.17, 15) is 9.90 Å². The fourth-order valence-electron chi connectivity index (χ4n) is 1.29. The van der Waals surface area contributed by atoms with Crippen LogP contribution in [-0.2, 0) is 0 Å². The van der Waals surface area contributed by atoms with Gasteiger partial charge in [-0.15, -0.1) is 11.3 Å². The molecule has 0 atom stereocenters. The lowest BCUT2D eigenvalue weighted by molar-refractivity contribution is 0.0951. The number of fused-ring (bicyclic) bond motifs is 1. The van der Waals surface area contributed by atoms with Crippen molar-refractivity contribution in [3.8, 4) is 5.75 Å². The van der Waals surface area contributed by atoms with Gasteiger partial charge in [0.2, 0.25) is 0 Å². The van der Waals surface area contributed by atoms with Crippen molar-refractivity contribution in [3.05, 3.63) is 29.1 Å². The molecule has 0 aliphatic heterocycles. The molecule has 1 heterocycles. The van der Waals surface area contributed by atoms with Crippen LogP contribution in [0.3, 0.4) is 0 Å². The molecule has 0 spiro atoms. The molecule has 0 saturated heterocycles. The molecule has 1 aromatic carbocycles. The topological polar surface area (TPSA) is 75.3 Å². The number of aromatic hydroxyl groups is 1. The Kier molecular flexibility index (Phi) is 2.11. The zero-order chi connectivity index (χ0) is 10.1. The van der Waals surface area contributed by atoms with Crippen LogP contribution in [0.1, 0.15) is 10.4 Å². The molecular weight excluding hydrogens is 200 g/mol. The van der Waals surface area contributed by atoms with Gasteiger partial charge in [0.15, 0.2) is 0 Å². The number of rotatable bonds is 1. The standard InChI is InChI=1S/C9H8N2O2S/c10-11-9(13)6-1-2-7-5(8(6)12)3-4-14-7/h1-4,12H,10H2,(H,11,13). The highest BCUT2D eigenvalue weighted by Gasteiger charge is 2.12. The number of nitrogen functional groups attached to an aromatic ring is 1. The zero-order valence-electron chi connectivity index (χ0n) is 7.15. The smallest absolute Gasteiger partial charge is 0.268 e. The Bertz CT molecular complexity index is 493. The lowest BCUT2D eigenvalue weighted by Crippen LogP contribution is -2.29. The number of hydrogen-bond donors (Lipinski definition) is 3. The Morgan fingerprint density at radius 3 is 2.93 bits per heavy atom. The van der Waals surface area contributed by atoms with Gasteiger partial charge in [0.25, 0.3) is 5.91 Å². The Morgan fingerprint density at radius 1 is 1.43 bits per heavy atom. The molecule has 72 valence electrons. The third-order valence-corrected chi connectivity index (χ3v) is 2.86. The van der Waals surface area contributed by atoms with Gasteiger partial charge in [0.05, 0.1) is 5.56 Å². The predicted molar refractivity (Wildman–Crippen MR) is 55.1 cm³/mol. The van der Waals surface area contributed by atoms with Crippen molar-refractivity contribution in [3.63, 3.8) is 0 Å². The summed E-state index contributed by atoms with van der Waals surface area (Å²) in [4.78, 5) is 11.2. The van der Waals surface area contributed by atoms with Crippen molar-refractivity contribution in [2.75, 3.05) is 0 Å². The fourth-order valence-corrected chi connectivity index (χ4v) is 2.08. The molecule has 0 radical (unpaired) electrons. The van der Waals surface area contributed by atoms with Crippen molar-refractivity contribution < 1.29 is 9.90 Å². The second-order valence-corrected chi connectivity index (χ2v) is 3.72. The van der Waals surface area contributed by atoms with Crippen LogP contribution in [0.15, 0.2) is 23.6 Å². The number of amides is 1. The molecule has 2 rings (SSSR count). The minimum atomic E-state index is -0.490. The molecule has 2 aromatic rings. The SMILES string of the molecule is NNC(=O)c1ccc2sccc2c1O. The van der Waals surface area contributed by atoms with E-state index < -0.39 is 5.91 Å². The van der Waals surface area contributed by atoms with E-state index >= 15 is 0 Å². The number of nitrogens with two attached hydrogens (primary N) is 1. The number of phenolic OH excluding ortho intramolecular Hbond substituents is 1. The van der Waals surface area contributed by atoms with Crippen LogP contribution in [0.5, 0.6) is 5.75 Å². The maximum absolute atomic E-state index is 11.2. The van der Waals surface area contributed by atoms with E-state index in [0.717, 1.165) is 4.70 Å². The molecule has 0 aliphatic carbocycles. The first-order valence-corrected chi connectivity index (χ1v) is 4.82. The number of hydrazine groups is 1. The van der Waals surface area contributed by atoms with Crippen LogP contribution in [0.4, 0.5) is 0 Å². The number of phenols is 1. The Labute approximate surface area is 83.9 Å². The van der Waals surface area contributed by atoms with Gasteiger partial charge in [-0.2, -0.15) is 0 Å². The summed E-state index contributed by atoms with van der Waals surface area (Å²) in [7, 11) is 0. The summed E-state index contributed by atoms with van der Waals surface area (Å²) < 4.78 is 0.941. The number of thiophene rings is 1. The number of hydrogen-bond acceptors (Lipinski definition) is 4. The van der Waals surface area contributed by atoms with Gasteiger partial charge in [0, 0.05) is 10.1 Å². The summed E-state index contributed by atoms with van der Waals surface area (Å²) in [6.45, 7) is 0. The first-order valence-electron chi connectivity index (χ1n) is 3.94. The van der Waals surface area contributed by atoms with Gasteiger partial charge < -0.3 is 5.11 Å². The molecule has 5 heteroatoms. The van der Waals surface area contributed by atoms with Crippen molar-refractivity contribution in [2.45, 2.75) is 0 Å². The molecule has 1 aromatic heterocycles. The molecule has 4 nitrogen and oxygen atoms in total. The largest absolute Gasteiger partial charge is 0.506 e. The molecule has 14 heavy (non-hydrogen) atoms. The summed E-state index contributed by atoms with van der Waals surface area (Å²) in [5, 5.41) is 12.3. The van der Waals surface area contributed by atoms with Gasteiger partial charge in [-0.05, 0) is 23.6 Å². The minimum absolute atomic E-state index is 0.0216. The summed E-state index contributed by atoms with van der Waals surface area (Å²) in [5.41, 5.74) is 2.18. The van der Waals surface area contributed by atoms with Gasteiger partial charge in [0.1, 0.15) is 5.75 Å². The second kappa shape index (κ2) is 3.28. The minimum Gasteiger partial charge on any atom is -0.506 e. The Balaban J connectivity index is 2.67. The van der Waals surface area contributed by atoms with Crippen LogP contribution in [0.25, 0.3) is 10.1 Å². The highest BCUT2D eigenvalue weighted by atomic mass is 32.1. The fraction of sp³-hybridized carbons (Fsp3) is 0. The highest BCUT2D eigenvalue weighted by molar-refractivity contribution is 7.17. The molecule has 4 N–H and O–H groups in total. The van der Waals surface area contributed by atoms with Crippen LogP contribution >= 0.6 is 11.3 Å². The molecule has 0 saturated carbocycles. The third-order valence-electron chi connectivity index (χ3n) is 1.98.